The van der Waals surface area contributed by atoms with Crippen LogP contribution >= 0.6 is 0 Å². The summed E-state index contributed by atoms with van der Waals surface area (Å²) in [5.74, 6) is 2.35. The number of nitrogens with zero attached hydrogens (tertiary/aromatic N) is 5. The van der Waals surface area contributed by atoms with Gasteiger partial charge < -0.3 is 4.57 Å². The third-order valence-corrected chi connectivity index (χ3v) is 11.8. The molecule has 5 heteroatoms. The number of aryl methyl sites for hydroxylation is 1. The van der Waals surface area contributed by atoms with Crippen molar-refractivity contribution in [2.75, 3.05) is 0 Å². The first kappa shape index (κ1) is 31.8. The molecule has 57 heavy (non-hydrogen) atoms. The second-order valence-electron chi connectivity index (χ2n) is 14.9. The van der Waals surface area contributed by atoms with Crippen LogP contribution in [-0.2, 0) is 6.42 Å². The Bertz CT molecular complexity index is 3340. The number of hydrogen-bond acceptors (Lipinski definition) is 2. The van der Waals surface area contributed by atoms with Crippen LogP contribution in [-0.4, -0.2) is 23.7 Å². The van der Waals surface area contributed by atoms with Crippen molar-refractivity contribution >= 4 is 60.6 Å². The molecule has 0 saturated heterocycles. The van der Waals surface area contributed by atoms with Crippen LogP contribution in [0.3, 0.4) is 0 Å². The van der Waals surface area contributed by atoms with Gasteiger partial charge in [0.05, 0.1) is 33.3 Å². The third kappa shape index (κ3) is 4.89. The maximum atomic E-state index is 5.42. The Labute approximate surface area is 329 Å². The second kappa shape index (κ2) is 12.5. The lowest BCUT2D eigenvalue weighted by molar-refractivity contribution is 0.936. The van der Waals surface area contributed by atoms with E-state index in [0.717, 1.165) is 57.8 Å². The van der Waals surface area contributed by atoms with E-state index in [0.29, 0.717) is 5.82 Å². The molecule has 0 N–H and O–H groups in total. The topological polar surface area (TPSA) is 40.6 Å². The number of para-hydroxylation sites is 4. The van der Waals surface area contributed by atoms with E-state index < -0.39 is 0 Å². The van der Waals surface area contributed by atoms with Crippen molar-refractivity contribution in [2.24, 2.45) is 0 Å². The van der Waals surface area contributed by atoms with E-state index in [2.05, 4.69) is 202 Å². The van der Waals surface area contributed by atoms with E-state index in [-0.39, 0.29) is 0 Å². The molecule has 1 aliphatic carbocycles. The summed E-state index contributed by atoms with van der Waals surface area (Å²) in [6.45, 7) is 0. The van der Waals surface area contributed by atoms with Gasteiger partial charge in [0.15, 0.2) is 5.82 Å². The molecule has 0 fully saturated rings. The smallest absolute Gasteiger partial charge is 0.163 e. The minimum Gasteiger partial charge on any atom is -0.309 e. The zero-order valence-electron chi connectivity index (χ0n) is 31.0. The maximum absolute atomic E-state index is 5.42. The summed E-state index contributed by atoms with van der Waals surface area (Å²) >= 11 is 0. The van der Waals surface area contributed by atoms with Gasteiger partial charge in [-0.1, -0.05) is 133 Å². The Morgan fingerprint density at radius 3 is 1.58 bits per heavy atom. The predicted octanol–water partition coefficient (Wildman–Crippen LogP) is 12.9. The fourth-order valence-corrected chi connectivity index (χ4v) is 9.20. The van der Waals surface area contributed by atoms with E-state index in [1.54, 1.807) is 0 Å². The van der Waals surface area contributed by atoms with Crippen LogP contribution < -0.4 is 0 Å². The van der Waals surface area contributed by atoms with Crippen LogP contribution in [0.15, 0.2) is 182 Å². The normalized spacial score (nSPS) is 12.7. The molecule has 0 amide bonds. The molecule has 4 heterocycles. The molecule has 12 rings (SSSR count). The molecule has 0 radical (unpaired) electrons. The summed E-state index contributed by atoms with van der Waals surface area (Å²) in [5, 5.41) is 6.13. The van der Waals surface area contributed by atoms with Gasteiger partial charge in [-0.25, -0.2) is 9.97 Å². The van der Waals surface area contributed by atoms with Crippen LogP contribution in [0, 0.1) is 0 Å². The quantitative estimate of drug-likeness (QED) is 0.177. The Balaban J connectivity index is 1.11. The molecule has 7 aromatic carbocycles. The SMILES string of the molecule is C1=Cc2c(c3ccccc3n2-c2cc(-n3c4ccccc4c4cc(-n5c6ccccc6c6ccccc65)ccc43)nc(-c3ccc(-c4ccccc4)cc3)n2)CC1. The minimum absolute atomic E-state index is 0.682. The highest BCUT2D eigenvalue weighted by Gasteiger charge is 2.23. The zero-order valence-corrected chi connectivity index (χ0v) is 31.0. The molecule has 0 atom stereocenters. The van der Waals surface area contributed by atoms with Gasteiger partial charge in [-0.05, 0) is 78.1 Å². The summed E-state index contributed by atoms with van der Waals surface area (Å²) in [6.07, 6.45) is 6.59. The largest absolute Gasteiger partial charge is 0.309 e. The lowest BCUT2D eigenvalue weighted by Crippen LogP contribution is -2.08. The molecule has 0 unspecified atom stereocenters. The van der Waals surface area contributed by atoms with Crippen molar-refractivity contribution in [3.63, 3.8) is 0 Å². The highest BCUT2D eigenvalue weighted by molar-refractivity contribution is 6.12. The number of rotatable bonds is 5. The van der Waals surface area contributed by atoms with Crippen molar-refractivity contribution < 1.29 is 0 Å². The summed E-state index contributed by atoms with van der Waals surface area (Å²) in [5.41, 5.74) is 12.7. The van der Waals surface area contributed by atoms with Crippen molar-refractivity contribution in [3.8, 4) is 39.8 Å². The average molecular weight is 730 g/mol. The third-order valence-electron chi connectivity index (χ3n) is 11.8. The first-order valence-electron chi connectivity index (χ1n) is 19.6. The van der Waals surface area contributed by atoms with Gasteiger partial charge in [0.2, 0.25) is 0 Å². The van der Waals surface area contributed by atoms with Crippen molar-refractivity contribution in [1.82, 2.24) is 23.7 Å². The first-order chi connectivity index (χ1) is 28.3. The summed E-state index contributed by atoms with van der Waals surface area (Å²) in [4.78, 5) is 10.8. The number of allylic oxidation sites excluding steroid dienone is 1. The van der Waals surface area contributed by atoms with Crippen LogP contribution in [0.2, 0.25) is 0 Å². The zero-order chi connectivity index (χ0) is 37.5. The minimum atomic E-state index is 0.682. The highest BCUT2D eigenvalue weighted by Crippen LogP contribution is 2.39. The van der Waals surface area contributed by atoms with Crippen LogP contribution in [0.1, 0.15) is 17.7 Å². The molecule has 0 spiro atoms. The fourth-order valence-electron chi connectivity index (χ4n) is 9.20. The number of aromatic nitrogens is 5. The first-order valence-corrected chi connectivity index (χ1v) is 19.6. The average Bonchev–Trinajstić information content (AvgIpc) is 3.92. The Morgan fingerprint density at radius 2 is 0.895 bits per heavy atom. The lowest BCUT2D eigenvalue weighted by Gasteiger charge is -2.15. The lowest BCUT2D eigenvalue weighted by atomic mass is 10.0. The van der Waals surface area contributed by atoms with Crippen LogP contribution in [0.4, 0.5) is 0 Å². The second-order valence-corrected chi connectivity index (χ2v) is 14.9. The van der Waals surface area contributed by atoms with Gasteiger partial charge in [-0.3, -0.25) is 9.13 Å². The molecule has 268 valence electrons. The van der Waals surface area contributed by atoms with Gasteiger partial charge in [0.1, 0.15) is 11.6 Å². The van der Waals surface area contributed by atoms with E-state index in [1.165, 1.54) is 54.8 Å². The maximum Gasteiger partial charge on any atom is 0.163 e. The molecular weight excluding hydrogens is 695 g/mol. The van der Waals surface area contributed by atoms with Gasteiger partial charge in [-0.2, -0.15) is 0 Å². The van der Waals surface area contributed by atoms with Gasteiger partial charge in [-0.15, -0.1) is 0 Å². The molecule has 1 aliphatic rings. The van der Waals surface area contributed by atoms with E-state index in [4.69, 9.17) is 9.97 Å². The fraction of sp³-hybridized carbons (Fsp3) is 0.0385. The number of benzene rings is 7. The van der Waals surface area contributed by atoms with Gasteiger partial charge >= 0.3 is 0 Å². The molecule has 11 aromatic rings. The molecule has 0 bridgehead atoms. The molecule has 5 nitrogen and oxygen atoms in total. The predicted molar refractivity (Wildman–Crippen MR) is 236 cm³/mol. The Morgan fingerprint density at radius 1 is 0.386 bits per heavy atom. The standard InChI is InChI=1S/C52H35N5/c1-2-14-34(15-3-1)35-26-28-36(29-27-35)52-53-50(56-46-23-11-6-18-40(46)41-19-7-12-24-47(41)56)33-51(54-52)57-48-25-13-8-20-42(48)43-32-37(30-31-49(43)57)55-44-21-9-4-16-38(44)39-17-5-10-22-45(39)55/h1-6,8-18,20-33H,7,19H2. The Kier molecular flexibility index (Phi) is 6.99. The van der Waals surface area contributed by atoms with Crippen molar-refractivity contribution in [1.29, 1.82) is 0 Å². The number of hydrogen-bond donors (Lipinski definition) is 0. The molecule has 0 aliphatic heterocycles. The van der Waals surface area contributed by atoms with E-state index >= 15 is 0 Å². The van der Waals surface area contributed by atoms with Crippen LogP contribution in [0.5, 0.6) is 0 Å². The summed E-state index contributed by atoms with van der Waals surface area (Å²) < 4.78 is 7.05. The Hall–Kier alpha value is -7.50. The monoisotopic (exact) mass is 729 g/mol. The highest BCUT2D eigenvalue weighted by atomic mass is 15.1. The van der Waals surface area contributed by atoms with Crippen molar-refractivity contribution in [3.05, 3.63) is 193 Å². The molecule has 4 aromatic heterocycles. The number of fused-ring (bicyclic) bond motifs is 9. The van der Waals surface area contributed by atoms with E-state index in [1.807, 2.05) is 0 Å². The van der Waals surface area contributed by atoms with Gasteiger partial charge in [0, 0.05) is 44.2 Å². The summed E-state index contributed by atoms with van der Waals surface area (Å²) in [7, 11) is 0. The summed E-state index contributed by atoms with van der Waals surface area (Å²) in [6, 6.07) is 63.0. The van der Waals surface area contributed by atoms with Gasteiger partial charge in [0.25, 0.3) is 0 Å². The van der Waals surface area contributed by atoms with E-state index in [9.17, 15) is 0 Å². The van der Waals surface area contributed by atoms with Crippen LogP contribution in [0.25, 0.3) is 100 Å². The molecular formula is C52H35N5. The molecule has 0 saturated carbocycles. The van der Waals surface area contributed by atoms with Crippen molar-refractivity contribution in [2.45, 2.75) is 12.8 Å².